The molecule has 114 valence electrons. The summed E-state index contributed by atoms with van der Waals surface area (Å²) >= 11 is 0. The lowest BCUT2D eigenvalue weighted by atomic mass is 10.2. The van der Waals surface area contributed by atoms with Gasteiger partial charge in [0, 0.05) is 5.56 Å². The summed E-state index contributed by atoms with van der Waals surface area (Å²) in [7, 11) is 0. The molecule has 2 N–H and O–H groups in total. The number of carbonyl (C=O) groups excluding carboxylic acids is 2. The molecule has 1 heterocycles. The minimum absolute atomic E-state index is 0.0558. The van der Waals surface area contributed by atoms with E-state index in [-0.39, 0.29) is 12.4 Å². The summed E-state index contributed by atoms with van der Waals surface area (Å²) in [4.78, 5) is 22.9. The molecule has 0 spiro atoms. The minimum atomic E-state index is -4.49. The summed E-state index contributed by atoms with van der Waals surface area (Å²) in [5.74, 6) is -0.643. The predicted molar refractivity (Wildman–Crippen MR) is 64.0 cm³/mol. The van der Waals surface area contributed by atoms with Crippen LogP contribution in [0.2, 0.25) is 0 Å². The highest BCUT2D eigenvalue weighted by Crippen LogP contribution is 2.32. The Morgan fingerprint density at radius 2 is 1.86 bits per heavy atom. The number of hydrogen-bond acceptors (Lipinski definition) is 4. The number of rotatable bonds is 4. The van der Waals surface area contributed by atoms with Crippen molar-refractivity contribution in [3.8, 4) is 11.5 Å². The van der Waals surface area contributed by atoms with Crippen LogP contribution in [0.3, 0.4) is 0 Å². The Morgan fingerprint density at radius 3 is 2.57 bits per heavy atom. The zero-order valence-corrected chi connectivity index (χ0v) is 10.6. The van der Waals surface area contributed by atoms with E-state index in [1.54, 1.807) is 5.32 Å². The topological polar surface area (TPSA) is 76.7 Å². The van der Waals surface area contributed by atoms with Crippen LogP contribution in [0, 0.1) is 0 Å². The third kappa shape index (κ3) is 4.26. The third-order valence-electron chi connectivity index (χ3n) is 2.53. The van der Waals surface area contributed by atoms with E-state index in [1.807, 2.05) is 0 Å². The Bertz CT molecular complexity index is 560. The number of hydrogen-bond donors (Lipinski definition) is 2. The molecule has 21 heavy (non-hydrogen) atoms. The molecule has 2 amide bonds. The average Bonchev–Trinajstić information content (AvgIpc) is 2.89. The van der Waals surface area contributed by atoms with Crippen molar-refractivity contribution in [1.82, 2.24) is 10.6 Å². The zero-order valence-electron chi connectivity index (χ0n) is 10.6. The first-order valence-electron chi connectivity index (χ1n) is 5.86. The van der Waals surface area contributed by atoms with Gasteiger partial charge in [-0.2, -0.15) is 13.2 Å². The van der Waals surface area contributed by atoms with Gasteiger partial charge in [-0.15, -0.1) is 0 Å². The Kier molecular flexibility index (Phi) is 4.20. The summed E-state index contributed by atoms with van der Waals surface area (Å²) in [6, 6.07) is 4.41. The molecule has 1 aliphatic rings. The first kappa shape index (κ1) is 14.9. The van der Waals surface area contributed by atoms with E-state index in [4.69, 9.17) is 9.47 Å². The molecule has 1 aliphatic heterocycles. The highest BCUT2D eigenvalue weighted by Gasteiger charge is 2.27. The fraction of sp³-hybridized carbons (Fsp3) is 0.333. The number of benzene rings is 1. The Balaban J connectivity index is 1.83. The van der Waals surface area contributed by atoms with Crippen molar-refractivity contribution in [3.63, 3.8) is 0 Å². The van der Waals surface area contributed by atoms with Gasteiger partial charge in [0.15, 0.2) is 11.5 Å². The third-order valence-corrected chi connectivity index (χ3v) is 2.53. The summed E-state index contributed by atoms with van der Waals surface area (Å²) in [5.41, 5.74) is 0.211. The van der Waals surface area contributed by atoms with Crippen LogP contribution < -0.4 is 20.1 Å². The first-order chi connectivity index (χ1) is 9.85. The zero-order chi connectivity index (χ0) is 15.5. The van der Waals surface area contributed by atoms with Gasteiger partial charge in [-0.3, -0.25) is 9.59 Å². The summed E-state index contributed by atoms with van der Waals surface area (Å²) in [6.07, 6.45) is -4.49. The van der Waals surface area contributed by atoms with Crippen LogP contribution in [0.25, 0.3) is 0 Å². The van der Waals surface area contributed by atoms with E-state index in [0.717, 1.165) is 0 Å². The van der Waals surface area contributed by atoms with Crippen molar-refractivity contribution in [2.45, 2.75) is 6.18 Å². The molecule has 0 aliphatic carbocycles. The van der Waals surface area contributed by atoms with Crippen LogP contribution in [0.4, 0.5) is 13.2 Å². The smallest absolute Gasteiger partial charge is 0.405 e. The molecule has 0 saturated heterocycles. The molecule has 0 bridgehead atoms. The lowest BCUT2D eigenvalue weighted by molar-refractivity contribution is -0.137. The van der Waals surface area contributed by atoms with Crippen LogP contribution in [-0.2, 0) is 4.79 Å². The number of carbonyl (C=O) groups is 2. The van der Waals surface area contributed by atoms with Crippen molar-refractivity contribution in [2.24, 2.45) is 0 Å². The number of alkyl halides is 3. The lowest BCUT2D eigenvalue weighted by Gasteiger charge is -2.09. The Hall–Kier alpha value is -2.45. The molecule has 9 heteroatoms. The molecular weight excluding hydrogens is 293 g/mol. The largest absolute Gasteiger partial charge is 0.454 e. The first-order valence-corrected chi connectivity index (χ1v) is 5.86. The average molecular weight is 304 g/mol. The van der Waals surface area contributed by atoms with Gasteiger partial charge in [-0.1, -0.05) is 0 Å². The molecule has 0 aromatic heterocycles. The molecule has 0 atom stereocenters. The van der Waals surface area contributed by atoms with Crippen LogP contribution >= 0.6 is 0 Å². The van der Waals surface area contributed by atoms with Gasteiger partial charge in [-0.05, 0) is 18.2 Å². The molecule has 1 aromatic rings. The van der Waals surface area contributed by atoms with Gasteiger partial charge < -0.3 is 20.1 Å². The number of ether oxygens (including phenoxy) is 2. The van der Waals surface area contributed by atoms with Gasteiger partial charge in [0.2, 0.25) is 12.7 Å². The highest BCUT2D eigenvalue weighted by atomic mass is 19.4. The highest BCUT2D eigenvalue weighted by molar-refractivity contribution is 5.97. The monoisotopic (exact) mass is 304 g/mol. The lowest BCUT2D eigenvalue weighted by Crippen LogP contribution is -2.40. The second-order valence-corrected chi connectivity index (χ2v) is 4.14. The maximum atomic E-state index is 11.9. The van der Waals surface area contributed by atoms with Gasteiger partial charge in [0.05, 0.1) is 6.54 Å². The van der Waals surface area contributed by atoms with E-state index < -0.39 is 31.1 Å². The predicted octanol–water partition coefficient (Wildman–Crippen LogP) is 0.824. The normalized spacial score (nSPS) is 12.9. The second-order valence-electron chi connectivity index (χ2n) is 4.14. The SMILES string of the molecule is O=C(CNC(=O)c1ccc2c(c1)OCO2)NCC(F)(F)F. The van der Waals surface area contributed by atoms with E-state index in [2.05, 4.69) is 5.32 Å². The standard InChI is InChI=1S/C12H11F3N2O4/c13-12(14,15)5-17-10(18)4-16-11(19)7-1-2-8-9(3-7)21-6-20-8/h1-3H,4-6H2,(H,16,19)(H,17,18). The molecule has 1 aromatic carbocycles. The molecule has 0 saturated carbocycles. The number of amides is 2. The van der Waals surface area contributed by atoms with Gasteiger partial charge in [0.1, 0.15) is 6.54 Å². The van der Waals surface area contributed by atoms with Crippen LogP contribution in [0.5, 0.6) is 11.5 Å². The van der Waals surface area contributed by atoms with Crippen molar-refractivity contribution in [1.29, 1.82) is 0 Å². The molecule has 0 unspecified atom stereocenters. The van der Waals surface area contributed by atoms with Crippen LogP contribution in [0.1, 0.15) is 10.4 Å². The maximum absolute atomic E-state index is 11.9. The number of fused-ring (bicyclic) bond motifs is 1. The summed E-state index contributed by atoms with van der Waals surface area (Å²) in [5, 5.41) is 3.86. The van der Waals surface area contributed by atoms with Crippen LogP contribution in [0.15, 0.2) is 18.2 Å². The number of nitrogens with one attached hydrogen (secondary N) is 2. The van der Waals surface area contributed by atoms with E-state index in [0.29, 0.717) is 11.5 Å². The van der Waals surface area contributed by atoms with Gasteiger partial charge in [0.25, 0.3) is 5.91 Å². The van der Waals surface area contributed by atoms with Gasteiger partial charge >= 0.3 is 6.18 Å². The van der Waals surface area contributed by atoms with Crippen LogP contribution in [-0.4, -0.2) is 37.9 Å². The maximum Gasteiger partial charge on any atom is 0.405 e. The summed E-state index contributed by atoms with van der Waals surface area (Å²) < 4.78 is 45.8. The second kappa shape index (κ2) is 5.90. The van der Waals surface area contributed by atoms with E-state index in [1.165, 1.54) is 18.2 Å². The Morgan fingerprint density at radius 1 is 1.14 bits per heavy atom. The molecular formula is C12H11F3N2O4. The molecule has 0 fully saturated rings. The summed E-state index contributed by atoms with van der Waals surface area (Å²) in [6.45, 7) is -1.94. The van der Waals surface area contributed by atoms with E-state index >= 15 is 0 Å². The quantitative estimate of drug-likeness (QED) is 0.863. The minimum Gasteiger partial charge on any atom is -0.454 e. The van der Waals surface area contributed by atoms with E-state index in [9.17, 15) is 22.8 Å². The van der Waals surface area contributed by atoms with Crippen molar-refractivity contribution < 1.29 is 32.2 Å². The molecule has 6 nitrogen and oxygen atoms in total. The van der Waals surface area contributed by atoms with Crippen molar-refractivity contribution >= 4 is 11.8 Å². The van der Waals surface area contributed by atoms with Crippen molar-refractivity contribution in [3.05, 3.63) is 23.8 Å². The Labute approximate surface area is 117 Å². The van der Waals surface area contributed by atoms with Gasteiger partial charge in [-0.25, -0.2) is 0 Å². The fourth-order valence-corrected chi connectivity index (χ4v) is 1.56. The fourth-order valence-electron chi connectivity index (χ4n) is 1.56. The number of halogens is 3. The molecule has 0 radical (unpaired) electrons. The van der Waals surface area contributed by atoms with Crippen molar-refractivity contribution in [2.75, 3.05) is 19.9 Å². The molecule has 2 rings (SSSR count).